The molecule has 0 unspecified atom stereocenters. The third-order valence-corrected chi connectivity index (χ3v) is 3.84. The van der Waals surface area contributed by atoms with E-state index >= 15 is 0 Å². The van der Waals surface area contributed by atoms with Crippen LogP contribution in [0.15, 0.2) is 24.8 Å². The monoisotopic (exact) mass is 326 g/mol. The molecule has 1 N–H and O–H groups in total. The van der Waals surface area contributed by atoms with Gasteiger partial charge in [0.15, 0.2) is 17.5 Å². The van der Waals surface area contributed by atoms with Crippen molar-refractivity contribution in [3.63, 3.8) is 0 Å². The number of hydrogen-bond acceptors (Lipinski definition) is 2. The van der Waals surface area contributed by atoms with Crippen molar-refractivity contribution < 1.29 is 22.8 Å². The maximum Gasteiger partial charge on any atom is 0.256 e. The predicted octanol–water partition coefficient (Wildman–Crippen LogP) is 2.26. The second-order valence-electron chi connectivity index (χ2n) is 5.32. The molecule has 0 radical (unpaired) electrons. The van der Waals surface area contributed by atoms with E-state index in [4.69, 9.17) is 0 Å². The van der Waals surface area contributed by atoms with E-state index in [0.29, 0.717) is 19.4 Å². The molecule has 124 valence electrons. The lowest BCUT2D eigenvalue weighted by Gasteiger charge is -2.31. The van der Waals surface area contributed by atoms with Gasteiger partial charge in [-0.3, -0.25) is 9.59 Å². The van der Waals surface area contributed by atoms with Gasteiger partial charge in [-0.25, -0.2) is 13.2 Å². The van der Waals surface area contributed by atoms with Gasteiger partial charge in [0.05, 0.1) is 5.56 Å². The van der Waals surface area contributed by atoms with Crippen LogP contribution in [0.25, 0.3) is 0 Å². The maximum atomic E-state index is 13.7. The molecule has 0 atom stereocenters. The Labute approximate surface area is 132 Å². The summed E-state index contributed by atoms with van der Waals surface area (Å²) in [7, 11) is 0. The molecule has 2 amide bonds. The fraction of sp³-hybridized carbons (Fsp3) is 0.375. The predicted molar refractivity (Wildman–Crippen MR) is 78.2 cm³/mol. The number of nitrogens with one attached hydrogen (secondary N) is 1. The van der Waals surface area contributed by atoms with Crippen molar-refractivity contribution in [3.05, 3.63) is 47.8 Å². The van der Waals surface area contributed by atoms with Crippen LogP contribution in [0.2, 0.25) is 0 Å². The Kier molecular flexibility index (Phi) is 5.41. The lowest BCUT2D eigenvalue weighted by Crippen LogP contribution is -2.43. The first kappa shape index (κ1) is 17.1. The Balaban J connectivity index is 2.00. The number of likely N-dealkylation sites (tertiary alicyclic amines) is 1. The summed E-state index contributed by atoms with van der Waals surface area (Å²) >= 11 is 0. The number of hydrogen-bond donors (Lipinski definition) is 1. The van der Waals surface area contributed by atoms with Crippen molar-refractivity contribution in [1.29, 1.82) is 0 Å². The van der Waals surface area contributed by atoms with Crippen LogP contribution in [0.4, 0.5) is 13.2 Å². The van der Waals surface area contributed by atoms with Gasteiger partial charge in [0, 0.05) is 25.6 Å². The lowest BCUT2D eigenvalue weighted by atomic mass is 9.95. The highest BCUT2D eigenvalue weighted by atomic mass is 19.2. The molecule has 0 saturated carbocycles. The quantitative estimate of drug-likeness (QED) is 0.681. The molecule has 1 fully saturated rings. The second-order valence-corrected chi connectivity index (χ2v) is 5.32. The summed E-state index contributed by atoms with van der Waals surface area (Å²) in [6.07, 6.45) is 2.43. The van der Waals surface area contributed by atoms with Crippen LogP contribution in [0.3, 0.4) is 0 Å². The first-order chi connectivity index (χ1) is 11.0. The summed E-state index contributed by atoms with van der Waals surface area (Å²) in [4.78, 5) is 25.4. The third-order valence-electron chi connectivity index (χ3n) is 3.84. The van der Waals surface area contributed by atoms with Crippen LogP contribution in [0.5, 0.6) is 0 Å². The van der Waals surface area contributed by atoms with Gasteiger partial charge < -0.3 is 10.2 Å². The zero-order valence-electron chi connectivity index (χ0n) is 12.4. The molecule has 1 aromatic rings. The summed E-state index contributed by atoms with van der Waals surface area (Å²) in [5.74, 6) is -5.52. The number of piperidine rings is 1. The molecular formula is C16H17F3N2O2. The van der Waals surface area contributed by atoms with Crippen molar-refractivity contribution in [3.8, 4) is 0 Å². The number of rotatable bonds is 4. The topological polar surface area (TPSA) is 49.4 Å². The van der Waals surface area contributed by atoms with Gasteiger partial charge in [-0.05, 0) is 25.0 Å². The molecule has 0 aliphatic carbocycles. The Morgan fingerprint density at radius 3 is 2.48 bits per heavy atom. The minimum atomic E-state index is -1.66. The molecule has 1 aliphatic rings. The number of amides is 2. The van der Waals surface area contributed by atoms with E-state index in [1.807, 2.05) is 0 Å². The van der Waals surface area contributed by atoms with E-state index in [1.165, 1.54) is 4.90 Å². The highest BCUT2D eigenvalue weighted by Gasteiger charge is 2.29. The maximum absolute atomic E-state index is 13.7. The number of halogens is 3. The highest BCUT2D eigenvalue weighted by molar-refractivity contribution is 5.94. The van der Waals surface area contributed by atoms with Gasteiger partial charge in [-0.1, -0.05) is 6.08 Å². The van der Waals surface area contributed by atoms with E-state index in [9.17, 15) is 22.8 Å². The van der Waals surface area contributed by atoms with Gasteiger partial charge in [0.2, 0.25) is 5.91 Å². The van der Waals surface area contributed by atoms with Gasteiger partial charge >= 0.3 is 0 Å². The van der Waals surface area contributed by atoms with Gasteiger partial charge in [0.1, 0.15) is 0 Å². The van der Waals surface area contributed by atoms with Crippen LogP contribution >= 0.6 is 0 Å². The molecule has 4 nitrogen and oxygen atoms in total. The molecule has 23 heavy (non-hydrogen) atoms. The largest absolute Gasteiger partial charge is 0.352 e. The van der Waals surface area contributed by atoms with E-state index in [2.05, 4.69) is 11.9 Å². The molecular weight excluding hydrogens is 309 g/mol. The molecule has 1 heterocycles. The van der Waals surface area contributed by atoms with Crippen LogP contribution in [-0.4, -0.2) is 36.3 Å². The first-order valence-electron chi connectivity index (χ1n) is 7.27. The zero-order valence-corrected chi connectivity index (χ0v) is 12.4. The van der Waals surface area contributed by atoms with E-state index in [0.717, 1.165) is 12.1 Å². The number of nitrogens with zero attached hydrogens (tertiary/aromatic N) is 1. The molecule has 0 spiro atoms. The standard InChI is InChI=1S/C16H17F3N2O2/c1-2-7-20-15(22)10-5-8-21(9-6-10)16(23)11-3-4-12(17)14(19)13(11)18/h2-4,10H,1,5-9H2,(H,20,22). The van der Waals surface area contributed by atoms with Crippen molar-refractivity contribution >= 4 is 11.8 Å². The molecule has 7 heteroatoms. The van der Waals surface area contributed by atoms with Crippen molar-refractivity contribution in [1.82, 2.24) is 10.2 Å². The first-order valence-corrected chi connectivity index (χ1v) is 7.27. The Bertz CT molecular complexity index is 626. The normalized spacial score (nSPS) is 15.3. The smallest absolute Gasteiger partial charge is 0.256 e. The lowest BCUT2D eigenvalue weighted by molar-refractivity contribution is -0.126. The van der Waals surface area contributed by atoms with Crippen molar-refractivity contribution in [2.45, 2.75) is 12.8 Å². The van der Waals surface area contributed by atoms with Crippen LogP contribution in [0.1, 0.15) is 23.2 Å². The average molecular weight is 326 g/mol. The van der Waals surface area contributed by atoms with Crippen LogP contribution in [0, 0.1) is 23.4 Å². The van der Waals surface area contributed by atoms with Crippen LogP contribution in [-0.2, 0) is 4.79 Å². The van der Waals surface area contributed by atoms with E-state index < -0.39 is 28.9 Å². The molecule has 1 aromatic carbocycles. The summed E-state index contributed by atoms with van der Waals surface area (Å²) in [5, 5.41) is 2.69. The van der Waals surface area contributed by atoms with E-state index in [-0.39, 0.29) is 24.9 Å². The summed E-state index contributed by atoms with van der Waals surface area (Å²) in [6.45, 7) is 4.39. The third kappa shape index (κ3) is 3.72. The van der Waals surface area contributed by atoms with Gasteiger partial charge in [0.25, 0.3) is 5.91 Å². The fourth-order valence-corrected chi connectivity index (χ4v) is 2.52. The highest BCUT2D eigenvalue weighted by Crippen LogP contribution is 2.22. The second kappa shape index (κ2) is 7.30. The summed E-state index contributed by atoms with van der Waals surface area (Å²) < 4.78 is 39.8. The molecule has 2 rings (SSSR count). The summed E-state index contributed by atoms with van der Waals surface area (Å²) in [5.41, 5.74) is -0.501. The number of benzene rings is 1. The van der Waals surface area contributed by atoms with Gasteiger partial charge in [-0.2, -0.15) is 0 Å². The SMILES string of the molecule is C=CCNC(=O)C1CCN(C(=O)c2ccc(F)c(F)c2F)CC1. The Morgan fingerprint density at radius 2 is 1.87 bits per heavy atom. The molecule has 1 aliphatic heterocycles. The molecule has 0 bridgehead atoms. The Morgan fingerprint density at radius 1 is 1.22 bits per heavy atom. The zero-order chi connectivity index (χ0) is 17.0. The average Bonchev–Trinajstić information content (AvgIpc) is 2.57. The minimum absolute atomic E-state index is 0.115. The van der Waals surface area contributed by atoms with Crippen molar-refractivity contribution in [2.75, 3.05) is 19.6 Å². The molecule has 0 aromatic heterocycles. The van der Waals surface area contributed by atoms with E-state index in [1.54, 1.807) is 6.08 Å². The number of carbonyl (C=O) groups excluding carboxylic acids is 2. The fourth-order valence-electron chi connectivity index (χ4n) is 2.52. The van der Waals surface area contributed by atoms with Gasteiger partial charge in [-0.15, -0.1) is 6.58 Å². The van der Waals surface area contributed by atoms with Crippen LogP contribution < -0.4 is 5.32 Å². The van der Waals surface area contributed by atoms with Crippen molar-refractivity contribution in [2.24, 2.45) is 5.92 Å². The molecule has 1 saturated heterocycles. The summed E-state index contributed by atoms with van der Waals surface area (Å²) in [6, 6.07) is 1.65. The number of carbonyl (C=O) groups is 2. The Hall–Kier alpha value is -2.31. The minimum Gasteiger partial charge on any atom is -0.352 e.